The largest absolute Gasteiger partial charge is 0.336 e. The van der Waals surface area contributed by atoms with E-state index in [1.807, 2.05) is 54.2 Å². The highest BCUT2D eigenvalue weighted by Gasteiger charge is 2.26. The number of aryl methyl sites for hydroxylation is 1. The minimum absolute atomic E-state index is 0.141. The Morgan fingerprint density at radius 2 is 1.76 bits per heavy atom. The highest BCUT2D eigenvalue weighted by Crippen LogP contribution is 2.32. The number of nitrogens with one attached hydrogen (secondary N) is 1. The van der Waals surface area contributed by atoms with Crippen LogP contribution in [-0.2, 0) is 7.05 Å². The van der Waals surface area contributed by atoms with E-state index in [1.54, 1.807) is 6.33 Å². The third kappa shape index (κ3) is 4.09. The fraction of sp³-hybridized carbons (Fsp3) is 0.179. The van der Waals surface area contributed by atoms with Crippen LogP contribution in [0, 0.1) is 22.7 Å². The summed E-state index contributed by atoms with van der Waals surface area (Å²) in [6.45, 7) is 1.34. The molecule has 1 atom stereocenters. The number of aromatic nitrogens is 2. The van der Waals surface area contributed by atoms with E-state index in [0.717, 1.165) is 39.9 Å². The van der Waals surface area contributed by atoms with Gasteiger partial charge in [0, 0.05) is 25.7 Å². The van der Waals surface area contributed by atoms with Gasteiger partial charge in [0.25, 0.3) is 0 Å². The Morgan fingerprint density at radius 1 is 0.971 bits per heavy atom. The third-order valence-corrected chi connectivity index (χ3v) is 6.43. The molecule has 1 aromatic heterocycles. The highest BCUT2D eigenvalue weighted by atomic mass is 15.5. The van der Waals surface area contributed by atoms with Gasteiger partial charge in [-0.05, 0) is 46.0 Å². The number of fused-ring (bicyclic) bond motifs is 1. The zero-order chi connectivity index (χ0) is 23.5. The van der Waals surface area contributed by atoms with Crippen molar-refractivity contribution in [2.75, 3.05) is 13.1 Å². The maximum Gasteiger partial charge on any atom is 0.0991 e. The number of rotatable bonds is 5. The van der Waals surface area contributed by atoms with Gasteiger partial charge in [-0.3, -0.25) is 0 Å². The van der Waals surface area contributed by atoms with Crippen LogP contribution < -0.4 is 5.43 Å². The van der Waals surface area contributed by atoms with Crippen molar-refractivity contribution in [3.8, 4) is 12.1 Å². The van der Waals surface area contributed by atoms with Gasteiger partial charge < -0.3 is 4.57 Å². The van der Waals surface area contributed by atoms with E-state index >= 15 is 0 Å². The molecule has 0 bridgehead atoms. The van der Waals surface area contributed by atoms with Crippen molar-refractivity contribution in [3.05, 3.63) is 107 Å². The van der Waals surface area contributed by atoms with Gasteiger partial charge in [-0.15, -0.1) is 0 Å². The number of benzene rings is 3. The Morgan fingerprint density at radius 3 is 2.50 bits per heavy atom. The van der Waals surface area contributed by atoms with Crippen LogP contribution in [0.4, 0.5) is 0 Å². The summed E-state index contributed by atoms with van der Waals surface area (Å²) in [4.78, 5) is 4.32. The number of hydrogen-bond acceptors (Lipinski definition) is 5. The number of nitrogens with zero attached hydrogens (tertiary/aromatic N) is 5. The third-order valence-electron chi connectivity index (χ3n) is 6.43. The minimum atomic E-state index is -0.141. The lowest BCUT2D eigenvalue weighted by Crippen LogP contribution is -2.45. The van der Waals surface area contributed by atoms with E-state index in [1.165, 1.54) is 5.39 Å². The Hall–Kier alpha value is -4.23. The first kappa shape index (κ1) is 21.6. The van der Waals surface area contributed by atoms with Gasteiger partial charge in [-0.25, -0.2) is 15.4 Å². The van der Waals surface area contributed by atoms with Crippen molar-refractivity contribution in [2.45, 2.75) is 12.5 Å². The maximum absolute atomic E-state index is 9.89. The van der Waals surface area contributed by atoms with Gasteiger partial charge in [-0.1, -0.05) is 54.6 Å². The van der Waals surface area contributed by atoms with Crippen molar-refractivity contribution < 1.29 is 0 Å². The van der Waals surface area contributed by atoms with Gasteiger partial charge in [0.15, 0.2) is 0 Å². The summed E-state index contributed by atoms with van der Waals surface area (Å²) < 4.78 is 2.00. The monoisotopic (exact) mass is 444 g/mol. The van der Waals surface area contributed by atoms with Crippen LogP contribution >= 0.6 is 0 Å². The molecule has 4 aromatic rings. The molecule has 166 valence electrons. The summed E-state index contributed by atoms with van der Waals surface area (Å²) in [5.74, 6) is 0. The summed E-state index contributed by atoms with van der Waals surface area (Å²) >= 11 is 0. The molecule has 0 aliphatic carbocycles. The fourth-order valence-corrected chi connectivity index (χ4v) is 4.62. The molecule has 1 aliphatic heterocycles. The van der Waals surface area contributed by atoms with Crippen LogP contribution in [0.15, 0.2) is 84.8 Å². The van der Waals surface area contributed by atoms with Gasteiger partial charge in [0.1, 0.15) is 0 Å². The first-order chi connectivity index (χ1) is 16.7. The molecule has 2 heterocycles. The van der Waals surface area contributed by atoms with Gasteiger partial charge in [0.2, 0.25) is 0 Å². The molecule has 3 aromatic carbocycles. The summed E-state index contributed by atoms with van der Waals surface area (Å²) in [7, 11) is 1.98. The van der Waals surface area contributed by atoms with Crippen LogP contribution in [-0.4, -0.2) is 27.6 Å². The van der Waals surface area contributed by atoms with E-state index in [4.69, 9.17) is 0 Å². The second-order valence-electron chi connectivity index (χ2n) is 8.49. The van der Waals surface area contributed by atoms with Crippen LogP contribution in [0.3, 0.4) is 0 Å². The Balaban J connectivity index is 1.50. The minimum Gasteiger partial charge on any atom is -0.336 e. The number of nitriles is 2. The lowest BCUT2D eigenvalue weighted by atomic mass is 9.91. The van der Waals surface area contributed by atoms with Crippen molar-refractivity contribution in [1.82, 2.24) is 20.0 Å². The maximum atomic E-state index is 9.89. The summed E-state index contributed by atoms with van der Waals surface area (Å²) in [6, 6.07) is 26.7. The molecule has 5 rings (SSSR count). The Labute approximate surface area is 199 Å². The molecular weight excluding hydrogens is 420 g/mol. The molecular formula is C28H24N6. The number of imidazole rings is 1. The molecule has 1 unspecified atom stereocenters. The normalized spacial score (nSPS) is 15.1. The first-order valence-electron chi connectivity index (χ1n) is 11.3. The van der Waals surface area contributed by atoms with E-state index in [2.05, 4.69) is 57.9 Å². The van der Waals surface area contributed by atoms with E-state index < -0.39 is 0 Å². The smallest absolute Gasteiger partial charge is 0.0991 e. The molecule has 0 amide bonds. The molecule has 0 spiro atoms. The Kier molecular flexibility index (Phi) is 5.93. The van der Waals surface area contributed by atoms with Crippen molar-refractivity contribution >= 4 is 16.3 Å². The molecule has 0 saturated carbocycles. The predicted molar refractivity (Wildman–Crippen MR) is 132 cm³/mol. The second-order valence-corrected chi connectivity index (χ2v) is 8.49. The Bertz CT molecular complexity index is 1440. The number of hydrazine groups is 1. The lowest BCUT2D eigenvalue weighted by molar-refractivity contribution is 0.185. The van der Waals surface area contributed by atoms with Crippen molar-refractivity contribution in [2.24, 2.45) is 7.05 Å². The van der Waals surface area contributed by atoms with E-state index in [0.29, 0.717) is 18.5 Å². The fourth-order valence-electron chi connectivity index (χ4n) is 4.62. The molecule has 6 heteroatoms. The summed E-state index contributed by atoms with van der Waals surface area (Å²) in [5, 5.41) is 23.6. The lowest BCUT2D eigenvalue weighted by Gasteiger charge is -2.34. The second kappa shape index (κ2) is 9.33. The molecule has 6 nitrogen and oxygen atoms in total. The average Bonchev–Trinajstić information content (AvgIpc) is 3.32. The van der Waals surface area contributed by atoms with Crippen LogP contribution in [0.1, 0.15) is 34.8 Å². The quantitative estimate of drug-likeness (QED) is 0.482. The molecule has 0 radical (unpaired) electrons. The standard InChI is InChI=1S/C28H24N6/c1-33-19-31-17-27(33)28(22-11-9-20(15-29)10-12-22)32-34-14-13-23(16-30)26(18-34)25-8-4-6-21-5-2-3-7-24(21)25/h2-12,17,19,28,32H,13-14,18H2,1H3. The molecule has 1 aliphatic rings. The van der Waals surface area contributed by atoms with Gasteiger partial charge >= 0.3 is 0 Å². The van der Waals surface area contributed by atoms with Crippen LogP contribution in [0.5, 0.6) is 0 Å². The van der Waals surface area contributed by atoms with E-state index in [-0.39, 0.29) is 6.04 Å². The first-order valence-corrected chi connectivity index (χ1v) is 11.3. The topological polar surface area (TPSA) is 80.7 Å². The molecule has 0 saturated heterocycles. The number of hydrogen-bond donors (Lipinski definition) is 1. The van der Waals surface area contributed by atoms with Gasteiger partial charge in [-0.2, -0.15) is 10.5 Å². The van der Waals surface area contributed by atoms with Gasteiger partial charge in [0.05, 0.1) is 42.0 Å². The predicted octanol–water partition coefficient (Wildman–Crippen LogP) is 4.72. The van der Waals surface area contributed by atoms with E-state index in [9.17, 15) is 10.5 Å². The highest BCUT2D eigenvalue weighted by molar-refractivity contribution is 5.95. The summed E-state index contributed by atoms with van der Waals surface area (Å²) in [5.41, 5.74) is 9.39. The molecule has 1 N–H and O–H groups in total. The summed E-state index contributed by atoms with van der Waals surface area (Å²) in [6.07, 6.45) is 4.33. The zero-order valence-electron chi connectivity index (χ0n) is 18.9. The molecule has 34 heavy (non-hydrogen) atoms. The van der Waals surface area contributed by atoms with Crippen molar-refractivity contribution in [3.63, 3.8) is 0 Å². The van der Waals surface area contributed by atoms with Crippen LogP contribution in [0.25, 0.3) is 16.3 Å². The van der Waals surface area contributed by atoms with Crippen LogP contribution in [0.2, 0.25) is 0 Å². The van der Waals surface area contributed by atoms with Crippen molar-refractivity contribution in [1.29, 1.82) is 10.5 Å². The average molecular weight is 445 g/mol. The SMILES string of the molecule is Cn1cncc1C(NN1CCC(C#N)=C(c2cccc3ccccc23)C1)c1ccc(C#N)cc1. The zero-order valence-corrected chi connectivity index (χ0v) is 18.9. The molecule has 0 fully saturated rings.